The van der Waals surface area contributed by atoms with E-state index in [1.54, 1.807) is 0 Å². The fourth-order valence-electron chi connectivity index (χ4n) is 7.81. The second kappa shape index (κ2) is 10.2. The molecule has 0 saturated heterocycles. The van der Waals surface area contributed by atoms with Crippen molar-refractivity contribution in [2.75, 3.05) is 0 Å². The molecule has 0 fully saturated rings. The molecule has 1 nitrogen and oxygen atoms in total. The van der Waals surface area contributed by atoms with Crippen molar-refractivity contribution in [3.8, 4) is 33.4 Å². The van der Waals surface area contributed by atoms with Crippen LogP contribution in [-0.4, -0.2) is 0 Å². The first-order valence-corrected chi connectivity index (χ1v) is 16.2. The molecule has 0 N–H and O–H groups in total. The fraction of sp³-hybridized carbons (Fsp3) is 0. The molecule has 0 spiro atoms. The zero-order valence-corrected chi connectivity index (χ0v) is 25.6. The molecule has 47 heavy (non-hydrogen) atoms. The Hall–Kier alpha value is -6.18. The zero-order valence-electron chi connectivity index (χ0n) is 25.6. The van der Waals surface area contributed by atoms with E-state index in [4.69, 9.17) is 4.42 Å². The van der Waals surface area contributed by atoms with E-state index in [-0.39, 0.29) is 0 Å². The summed E-state index contributed by atoms with van der Waals surface area (Å²) in [7, 11) is 0. The van der Waals surface area contributed by atoms with Gasteiger partial charge in [-0.1, -0.05) is 158 Å². The quantitative estimate of drug-likeness (QED) is 0.185. The van der Waals surface area contributed by atoms with E-state index in [0.717, 1.165) is 11.2 Å². The van der Waals surface area contributed by atoms with E-state index in [1.165, 1.54) is 87.2 Å². The Morgan fingerprint density at radius 3 is 1.40 bits per heavy atom. The second-order valence-corrected chi connectivity index (χ2v) is 12.4. The molecule has 10 aromatic rings. The molecule has 0 unspecified atom stereocenters. The first-order valence-electron chi connectivity index (χ1n) is 16.2. The van der Waals surface area contributed by atoms with Crippen molar-refractivity contribution in [1.82, 2.24) is 0 Å². The third-order valence-electron chi connectivity index (χ3n) is 9.85. The lowest BCUT2D eigenvalue weighted by Gasteiger charge is -2.18. The molecule has 0 aliphatic carbocycles. The van der Waals surface area contributed by atoms with Crippen LogP contribution in [-0.2, 0) is 0 Å². The van der Waals surface area contributed by atoms with Crippen molar-refractivity contribution < 1.29 is 4.42 Å². The van der Waals surface area contributed by atoms with Crippen molar-refractivity contribution >= 4 is 65.0 Å². The van der Waals surface area contributed by atoms with E-state index < -0.39 is 0 Å². The van der Waals surface area contributed by atoms with Gasteiger partial charge in [0.1, 0.15) is 11.2 Å². The average molecular weight is 597 g/mol. The lowest BCUT2D eigenvalue weighted by Crippen LogP contribution is -1.91. The number of furan rings is 1. The van der Waals surface area contributed by atoms with Gasteiger partial charge in [-0.15, -0.1) is 0 Å². The van der Waals surface area contributed by atoms with Gasteiger partial charge in [-0.25, -0.2) is 0 Å². The predicted molar refractivity (Wildman–Crippen MR) is 200 cm³/mol. The molecule has 0 aliphatic rings. The molecule has 0 amide bonds. The van der Waals surface area contributed by atoms with Crippen molar-refractivity contribution in [2.24, 2.45) is 0 Å². The minimum absolute atomic E-state index is 0.919. The van der Waals surface area contributed by atoms with E-state index in [0.29, 0.717) is 0 Å². The van der Waals surface area contributed by atoms with Gasteiger partial charge in [0.15, 0.2) is 0 Å². The fourth-order valence-corrected chi connectivity index (χ4v) is 7.81. The first-order chi connectivity index (χ1) is 23.3. The van der Waals surface area contributed by atoms with Crippen LogP contribution in [0.25, 0.3) is 98.4 Å². The number of hydrogen-bond donors (Lipinski definition) is 0. The highest BCUT2D eigenvalue weighted by Crippen LogP contribution is 2.45. The number of benzene rings is 9. The SMILES string of the molecule is c1ccc(-c2c3ccccc3c(-c3ccc(-c4cc5oc6ccc7ccccc7c6c5c5ccccc45)cc3)c3ccccc23)cc1. The summed E-state index contributed by atoms with van der Waals surface area (Å²) >= 11 is 0. The van der Waals surface area contributed by atoms with E-state index in [1.807, 2.05) is 0 Å². The summed E-state index contributed by atoms with van der Waals surface area (Å²) in [4.78, 5) is 0. The molecule has 0 bridgehead atoms. The van der Waals surface area contributed by atoms with Crippen LogP contribution in [0.4, 0.5) is 0 Å². The predicted octanol–water partition coefficient (Wildman–Crippen LogP) is 13.2. The topological polar surface area (TPSA) is 13.1 Å². The number of hydrogen-bond acceptors (Lipinski definition) is 1. The highest BCUT2D eigenvalue weighted by atomic mass is 16.3. The molecular formula is C46H28O. The van der Waals surface area contributed by atoms with Gasteiger partial charge in [-0.05, 0) is 88.6 Å². The highest BCUT2D eigenvalue weighted by Gasteiger charge is 2.19. The highest BCUT2D eigenvalue weighted by molar-refractivity contribution is 6.28. The minimum Gasteiger partial charge on any atom is -0.456 e. The van der Waals surface area contributed by atoms with Gasteiger partial charge in [0.25, 0.3) is 0 Å². The smallest absolute Gasteiger partial charge is 0.136 e. The van der Waals surface area contributed by atoms with Crippen LogP contribution in [0.2, 0.25) is 0 Å². The third kappa shape index (κ3) is 3.90. The molecule has 10 rings (SSSR count). The molecule has 0 atom stereocenters. The molecule has 218 valence electrons. The summed E-state index contributed by atoms with van der Waals surface area (Å²) in [5, 5.41) is 12.3. The lowest BCUT2D eigenvalue weighted by atomic mass is 9.85. The number of rotatable bonds is 3. The van der Waals surface area contributed by atoms with Gasteiger partial charge >= 0.3 is 0 Å². The standard InChI is InChI=1S/C46H28O/c1-2-13-31(14-3-1)43-36-18-8-10-20-38(36)44(39-21-11-9-19-37(39)43)32-24-22-30(23-25-32)40-28-42-46(35-17-7-6-16-34(35)40)45-33-15-5-4-12-29(33)26-27-41(45)47-42/h1-28H. The van der Waals surface area contributed by atoms with Crippen LogP contribution in [0.5, 0.6) is 0 Å². The summed E-state index contributed by atoms with van der Waals surface area (Å²) in [6.07, 6.45) is 0. The van der Waals surface area contributed by atoms with Gasteiger partial charge in [0.05, 0.1) is 0 Å². The second-order valence-electron chi connectivity index (χ2n) is 12.4. The van der Waals surface area contributed by atoms with Crippen LogP contribution in [0.1, 0.15) is 0 Å². The zero-order chi connectivity index (χ0) is 30.9. The van der Waals surface area contributed by atoms with Crippen molar-refractivity contribution in [3.05, 3.63) is 170 Å². The van der Waals surface area contributed by atoms with Crippen molar-refractivity contribution in [2.45, 2.75) is 0 Å². The van der Waals surface area contributed by atoms with Gasteiger partial charge in [-0.3, -0.25) is 0 Å². The largest absolute Gasteiger partial charge is 0.456 e. The summed E-state index contributed by atoms with van der Waals surface area (Å²) < 4.78 is 6.57. The first kappa shape index (κ1) is 26.1. The average Bonchev–Trinajstić information content (AvgIpc) is 3.53. The summed E-state index contributed by atoms with van der Waals surface area (Å²) in [6.45, 7) is 0. The molecule has 1 heterocycles. The third-order valence-corrected chi connectivity index (χ3v) is 9.85. The van der Waals surface area contributed by atoms with Crippen LogP contribution >= 0.6 is 0 Å². The molecule has 0 radical (unpaired) electrons. The Balaban J connectivity index is 1.19. The summed E-state index contributed by atoms with van der Waals surface area (Å²) in [5.74, 6) is 0. The summed E-state index contributed by atoms with van der Waals surface area (Å²) in [5.41, 5.74) is 9.20. The van der Waals surface area contributed by atoms with Crippen LogP contribution in [0.3, 0.4) is 0 Å². The van der Waals surface area contributed by atoms with Gasteiger partial charge in [0.2, 0.25) is 0 Å². The van der Waals surface area contributed by atoms with Crippen LogP contribution < -0.4 is 0 Å². The Labute approximate surface area is 271 Å². The maximum Gasteiger partial charge on any atom is 0.136 e. The van der Waals surface area contributed by atoms with Gasteiger partial charge < -0.3 is 4.42 Å². The Kier molecular flexibility index (Phi) is 5.64. The van der Waals surface area contributed by atoms with Gasteiger partial charge in [-0.2, -0.15) is 0 Å². The summed E-state index contributed by atoms with van der Waals surface area (Å²) in [6, 6.07) is 61.4. The van der Waals surface area contributed by atoms with Crippen LogP contribution in [0.15, 0.2) is 174 Å². The van der Waals surface area contributed by atoms with E-state index in [2.05, 4.69) is 170 Å². The molecular weight excluding hydrogens is 569 g/mol. The minimum atomic E-state index is 0.919. The molecule has 0 aliphatic heterocycles. The van der Waals surface area contributed by atoms with Crippen LogP contribution in [0, 0.1) is 0 Å². The maximum absolute atomic E-state index is 6.57. The van der Waals surface area contributed by atoms with Gasteiger partial charge in [0, 0.05) is 10.8 Å². The molecule has 0 saturated carbocycles. The molecule has 9 aromatic carbocycles. The Bertz CT molecular complexity index is 2760. The molecule has 1 aromatic heterocycles. The Morgan fingerprint density at radius 1 is 0.298 bits per heavy atom. The lowest BCUT2D eigenvalue weighted by molar-refractivity contribution is 0.669. The van der Waals surface area contributed by atoms with Crippen molar-refractivity contribution in [3.63, 3.8) is 0 Å². The number of fused-ring (bicyclic) bond motifs is 9. The van der Waals surface area contributed by atoms with E-state index in [9.17, 15) is 0 Å². The van der Waals surface area contributed by atoms with Crippen molar-refractivity contribution in [1.29, 1.82) is 0 Å². The normalized spacial score (nSPS) is 11.8. The molecule has 1 heteroatoms. The monoisotopic (exact) mass is 596 g/mol. The van der Waals surface area contributed by atoms with E-state index >= 15 is 0 Å². The maximum atomic E-state index is 6.57. The Morgan fingerprint density at radius 2 is 0.766 bits per heavy atom.